The van der Waals surface area contributed by atoms with Gasteiger partial charge >= 0.3 is 0 Å². The summed E-state index contributed by atoms with van der Waals surface area (Å²) in [6, 6.07) is 9.18. The second-order valence-electron chi connectivity index (χ2n) is 5.10. The van der Waals surface area contributed by atoms with E-state index in [4.69, 9.17) is 9.26 Å². The summed E-state index contributed by atoms with van der Waals surface area (Å²) < 4.78 is 10.6. The Kier molecular flexibility index (Phi) is 6.09. The Bertz CT molecular complexity index is 635. The molecule has 0 bridgehead atoms. The Morgan fingerprint density at radius 2 is 2.17 bits per heavy atom. The summed E-state index contributed by atoms with van der Waals surface area (Å²) in [6.45, 7) is 3.36. The van der Waals surface area contributed by atoms with E-state index in [1.165, 1.54) is 0 Å². The van der Waals surface area contributed by atoms with Gasteiger partial charge in [-0.3, -0.25) is 4.79 Å². The molecular weight excluding hydrogens is 320 g/mol. The molecule has 2 heterocycles. The smallest absolute Gasteiger partial charge is 0.246 e. The van der Waals surface area contributed by atoms with Crippen molar-refractivity contribution in [1.29, 1.82) is 0 Å². The van der Waals surface area contributed by atoms with Crippen LogP contribution in [0, 0.1) is 0 Å². The Balaban J connectivity index is 0.00000192. The maximum Gasteiger partial charge on any atom is 0.246 e. The molecule has 1 aromatic carbocycles. The number of carbonyl (C=O) groups excluding carboxylic acids is 1. The summed E-state index contributed by atoms with van der Waals surface area (Å²) in [5, 5.41) is 9.83. The van der Waals surface area contributed by atoms with Crippen molar-refractivity contribution < 1.29 is 14.1 Å². The van der Waals surface area contributed by atoms with Gasteiger partial charge in [0.15, 0.2) is 0 Å². The van der Waals surface area contributed by atoms with Crippen LogP contribution in [0.1, 0.15) is 12.8 Å². The number of nitrogens with one attached hydrogen (secondary N) is 2. The fourth-order valence-electron chi connectivity index (χ4n) is 2.33. The molecule has 7 nitrogen and oxygen atoms in total. The second kappa shape index (κ2) is 8.05. The normalized spacial score (nSPS) is 20.6. The number of ether oxygens (including phenoxy) is 1. The van der Waals surface area contributed by atoms with Gasteiger partial charge < -0.3 is 19.9 Å². The van der Waals surface area contributed by atoms with E-state index in [1.807, 2.05) is 37.3 Å². The van der Waals surface area contributed by atoms with E-state index in [-0.39, 0.29) is 37.0 Å². The van der Waals surface area contributed by atoms with Gasteiger partial charge in [-0.15, -0.1) is 12.4 Å². The zero-order chi connectivity index (χ0) is 15.4. The zero-order valence-electron chi connectivity index (χ0n) is 12.7. The van der Waals surface area contributed by atoms with Crippen molar-refractivity contribution in [1.82, 2.24) is 20.8 Å². The van der Waals surface area contributed by atoms with Crippen LogP contribution in [0.3, 0.4) is 0 Å². The molecule has 0 radical (unpaired) electrons. The van der Waals surface area contributed by atoms with Gasteiger partial charge in [-0.25, -0.2) is 0 Å². The highest BCUT2D eigenvalue weighted by atomic mass is 35.5. The van der Waals surface area contributed by atoms with Gasteiger partial charge in [0.25, 0.3) is 0 Å². The lowest BCUT2D eigenvalue weighted by molar-refractivity contribution is -0.129. The van der Waals surface area contributed by atoms with Crippen molar-refractivity contribution in [3.05, 3.63) is 36.2 Å². The molecule has 1 aromatic heterocycles. The predicted octanol–water partition coefficient (Wildman–Crippen LogP) is 1.15. The van der Waals surface area contributed by atoms with Gasteiger partial charge in [-0.05, 0) is 6.92 Å². The molecule has 1 amide bonds. The molecule has 2 N–H and O–H groups in total. The minimum Gasteiger partial charge on any atom is -0.375 e. The van der Waals surface area contributed by atoms with Gasteiger partial charge in [-0.1, -0.05) is 35.5 Å². The van der Waals surface area contributed by atoms with Crippen molar-refractivity contribution in [2.45, 2.75) is 25.6 Å². The third-order valence-corrected chi connectivity index (χ3v) is 3.51. The van der Waals surface area contributed by atoms with Crippen LogP contribution in [0.2, 0.25) is 0 Å². The van der Waals surface area contributed by atoms with Crippen LogP contribution < -0.4 is 10.6 Å². The average molecular weight is 339 g/mol. The highest BCUT2D eigenvalue weighted by Crippen LogP contribution is 2.14. The third-order valence-electron chi connectivity index (χ3n) is 3.51. The van der Waals surface area contributed by atoms with Gasteiger partial charge in [0, 0.05) is 12.1 Å². The topological polar surface area (TPSA) is 89.3 Å². The lowest BCUT2D eigenvalue weighted by Crippen LogP contribution is -2.55. The summed E-state index contributed by atoms with van der Waals surface area (Å²) in [6.07, 6.45) is -0.156. The molecule has 1 saturated heterocycles. The first-order chi connectivity index (χ1) is 10.7. The van der Waals surface area contributed by atoms with E-state index >= 15 is 0 Å². The molecule has 2 aromatic rings. The zero-order valence-corrected chi connectivity index (χ0v) is 13.5. The lowest BCUT2D eigenvalue weighted by atomic mass is 10.1. The highest BCUT2D eigenvalue weighted by Gasteiger charge is 2.28. The Morgan fingerprint density at radius 1 is 1.39 bits per heavy atom. The van der Waals surface area contributed by atoms with Crippen LogP contribution in [0.4, 0.5) is 0 Å². The molecule has 1 fully saturated rings. The first kappa shape index (κ1) is 17.4. The predicted molar refractivity (Wildman–Crippen MR) is 86.0 cm³/mol. The molecule has 1 aliphatic rings. The highest BCUT2D eigenvalue weighted by molar-refractivity contribution is 5.85. The van der Waals surface area contributed by atoms with Gasteiger partial charge in [-0.2, -0.15) is 4.98 Å². The quantitative estimate of drug-likeness (QED) is 0.869. The van der Waals surface area contributed by atoms with E-state index in [0.717, 1.165) is 5.56 Å². The van der Waals surface area contributed by atoms with Gasteiger partial charge in [0.05, 0.1) is 19.3 Å². The SMILES string of the molecule is C[C@H]1OCCN[C@@H]1C(=O)NCc1nc(-c2ccccc2)no1.Cl. The molecule has 0 spiro atoms. The fraction of sp³-hybridized carbons (Fsp3) is 0.400. The lowest BCUT2D eigenvalue weighted by Gasteiger charge is -2.29. The van der Waals surface area contributed by atoms with E-state index in [1.54, 1.807) is 0 Å². The number of halogens is 1. The summed E-state index contributed by atoms with van der Waals surface area (Å²) in [4.78, 5) is 16.4. The summed E-state index contributed by atoms with van der Waals surface area (Å²) in [5.41, 5.74) is 0.875. The first-order valence-corrected chi connectivity index (χ1v) is 7.25. The maximum atomic E-state index is 12.1. The molecular formula is C15H19ClN4O3. The Labute approximate surface area is 140 Å². The first-order valence-electron chi connectivity index (χ1n) is 7.25. The van der Waals surface area contributed by atoms with E-state index < -0.39 is 0 Å². The number of hydrogen-bond donors (Lipinski definition) is 2. The molecule has 8 heteroatoms. The molecule has 0 saturated carbocycles. The molecule has 1 aliphatic heterocycles. The minimum atomic E-state index is -0.356. The van der Waals surface area contributed by atoms with Crippen molar-refractivity contribution >= 4 is 18.3 Å². The number of rotatable bonds is 4. The van der Waals surface area contributed by atoms with Crippen LogP contribution in [-0.4, -0.2) is 41.3 Å². The van der Waals surface area contributed by atoms with Crippen molar-refractivity contribution in [2.24, 2.45) is 0 Å². The summed E-state index contributed by atoms with van der Waals surface area (Å²) >= 11 is 0. The van der Waals surface area contributed by atoms with E-state index in [0.29, 0.717) is 24.9 Å². The van der Waals surface area contributed by atoms with Crippen molar-refractivity contribution in [3.63, 3.8) is 0 Å². The molecule has 3 rings (SSSR count). The van der Waals surface area contributed by atoms with Gasteiger partial charge in [0.1, 0.15) is 6.04 Å². The van der Waals surface area contributed by atoms with Crippen LogP contribution in [0.25, 0.3) is 11.4 Å². The molecule has 23 heavy (non-hydrogen) atoms. The number of aromatic nitrogens is 2. The number of carbonyl (C=O) groups is 1. The van der Waals surface area contributed by atoms with Crippen molar-refractivity contribution in [2.75, 3.05) is 13.2 Å². The fourth-order valence-corrected chi connectivity index (χ4v) is 2.33. The minimum absolute atomic E-state index is 0. The summed E-state index contributed by atoms with van der Waals surface area (Å²) in [5.74, 6) is 0.751. The van der Waals surface area contributed by atoms with Crippen LogP contribution >= 0.6 is 12.4 Å². The maximum absolute atomic E-state index is 12.1. The van der Waals surface area contributed by atoms with E-state index in [2.05, 4.69) is 20.8 Å². The Hall–Kier alpha value is -1.96. The average Bonchev–Trinajstić information content (AvgIpc) is 3.03. The van der Waals surface area contributed by atoms with Crippen molar-refractivity contribution in [3.8, 4) is 11.4 Å². The molecule has 2 atom stereocenters. The molecule has 124 valence electrons. The monoisotopic (exact) mass is 338 g/mol. The van der Waals surface area contributed by atoms with Gasteiger partial charge in [0.2, 0.25) is 17.6 Å². The number of morpholine rings is 1. The number of nitrogens with zero attached hydrogens (tertiary/aromatic N) is 2. The largest absolute Gasteiger partial charge is 0.375 e. The van der Waals surface area contributed by atoms with Crippen LogP contribution in [0.15, 0.2) is 34.9 Å². The third kappa shape index (κ3) is 4.28. The standard InChI is InChI=1S/C15H18N4O3.ClH/c1-10-13(16-7-8-21-10)15(20)17-9-12-18-14(19-22-12)11-5-3-2-4-6-11;/h2-6,10,13,16H,7-9H2,1H3,(H,17,20);1H/t10-,13+;/m1./s1. The number of amides is 1. The number of hydrogen-bond acceptors (Lipinski definition) is 6. The Morgan fingerprint density at radius 3 is 2.91 bits per heavy atom. The van der Waals surface area contributed by atoms with E-state index in [9.17, 15) is 4.79 Å². The summed E-state index contributed by atoms with van der Waals surface area (Å²) in [7, 11) is 0. The molecule has 0 unspecified atom stereocenters. The molecule has 0 aliphatic carbocycles. The second-order valence-corrected chi connectivity index (χ2v) is 5.10. The number of benzene rings is 1. The van der Waals surface area contributed by atoms with Crippen LogP contribution in [0.5, 0.6) is 0 Å². The van der Waals surface area contributed by atoms with Crippen LogP contribution in [-0.2, 0) is 16.1 Å².